The van der Waals surface area contributed by atoms with Gasteiger partial charge in [0.25, 0.3) is 0 Å². The molecule has 2 aliphatic rings. The lowest BCUT2D eigenvalue weighted by molar-refractivity contribution is -0.116. The number of nitrogens with one attached hydrogen (secondary N) is 1. The zero-order valence-corrected chi connectivity index (χ0v) is 18.4. The summed E-state index contributed by atoms with van der Waals surface area (Å²) < 4.78 is 10.4. The highest BCUT2D eigenvalue weighted by Gasteiger charge is 2.41. The number of rotatable bonds is 3. The number of aryl methyl sites for hydroxylation is 1. The number of halogens is 1. The molecule has 0 spiro atoms. The summed E-state index contributed by atoms with van der Waals surface area (Å²) in [7, 11) is 1.35. The second kappa shape index (κ2) is 7.95. The molecular weight excluding hydrogens is 428 g/mol. The van der Waals surface area contributed by atoms with E-state index in [-0.39, 0.29) is 17.6 Å². The molecule has 162 valence electrons. The summed E-state index contributed by atoms with van der Waals surface area (Å²) in [5.74, 6) is -0.000179. The Balaban J connectivity index is 1.57. The minimum absolute atomic E-state index is 0.0546. The minimum atomic E-state index is -0.400. The number of nitrogens with zero attached hydrogens (tertiary/aromatic N) is 1. The Morgan fingerprint density at radius 1 is 1.09 bits per heavy atom. The summed E-state index contributed by atoms with van der Waals surface area (Å²) in [6.07, 6.45) is 1.09. The largest absolute Gasteiger partial charge is 0.465 e. The standard InChI is InChI=1S/C25H21ClN2O4/c1-13-21-22(15-3-5-16(6-4-15)25(30)31-2)23-19(27-24(21)32-28-13)11-17(12-20(23)29)14-7-9-18(26)10-8-14/h3-10,17,22,27H,11-12H2,1-2H3/t17-,22+/m1/s1. The van der Waals surface area contributed by atoms with Crippen molar-refractivity contribution in [2.24, 2.45) is 0 Å². The number of anilines is 1. The first-order valence-corrected chi connectivity index (χ1v) is 10.8. The highest BCUT2D eigenvalue weighted by Crippen LogP contribution is 2.49. The summed E-state index contributed by atoms with van der Waals surface area (Å²) in [4.78, 5) is 25.3. The van der Waals surface area contributed by atoms with E-state index in [9.17, 15) is 9.59 Å². The topological polar surface area (TPSA) is 81.4 Å². The van der Waals surface area contributed by atoms with E-state index in [0.29, 0.717) is 29.3 Å². The first-order valence-electron chi connectivity index (χ1n) is 10.4. The number of allylic oxidation sites excluding steroid dienone is 2. The number of hydrogen-bond acceptors (Lipinski definition) is 6. The fraction of sp³-hybridized carbons (Fsp3) is 0.240. The van der Waals surface area contributed by atoms with Crippen LogP contribution in [0.4, 0.5) is 5.88 Å². The first-order chi connectivity index (χ1) is 15.5. The zero-order valence-electron chi connectivity index (χ0n) is 17.6. The summed E-state index contributed by atoms with van der Waals surface area (Å²) in [5, 5.41) is 8.14. The number of ether oxygens (including phenoxy) is 1. The maximum Gasteiger partial charge on any atom is 0.337 e. The Bertz CT molecular complexity index is 1240. The van der Waals surface area contributed by atoms with Crippen molar-refractivity contribution in [1.29, 1.82) is 0 Å². The Kier molecular flexibility index (Phi) is 5.10. The number of carbonyl (C=O) groups excluding carboxylic acids is 2. The number of ketones is 1. The molecule has 5 rings (SSSR count). The van der Waals surface area contributed by atoms with Crippen LogP contribution in [0.5, 0.6) is 0 Å². The molecular formula is C25H21ClN2O4. The fourth-order valence-electron chi connectivity index (χ4n) is 4.71. The number of Topliss-reactive ketones (excluding diaryl/α,β-unsaturated/α-hetero) is 1. The Morgan fingerprint density at radius 3 is 2.47 bits per heavy atom. The van der Waals surface area contributed by atoms with Gasteiger partial charge in [-0.3, -0.25) is 4.79 Å². The molecule has 0 amide bonds. The van der Waals surface area contributed by atoms with Crippen molar-refractivity contribution in [3.63, 3.8) is 0 Å². The number of fused-ring (bicyclic) bond motifs is 1. The monoisotopic (exact) mass is 448 g/mol. The van der Waals surface area contributed by atoms with Gasteiger partial charge >= 0.3 is 5.97 Å². The lowest BCUT2D eigenvalue weighted by Crippen LogP contribution is -2.29. The molecule has 0 bridgehead atoms. The van der Waals surface area contributed by atoms with E-state index in [4.69, 9.17) is 20.9 Å². The van der Waals surface area contributed by atoms with Crippen molar-refractivity contribution in [3.8, 4) is 0 Å². The number of esters is 1. The number of benzene rings is 2. The lowest BCUT2D eigenvalue weighted by atomic mass is 9.72. The molecule has 0 unspecified atom stereocenters. The molecule has 2 heterocycles. The molecule has 32 heavy (non-hydrogen) atoms. The van der Waals surface area contributed by atoms with Gasteiger partial charge in [0, 0.05) is 28.6 Å². The molecule has 0 saturated heterocycles. The van der Waals surface area contributed by atoms with Gasteiger partial charge in [0.2, 0.25) is 5.88 Å². The van der Waals surface area contributed by atoms with Gasteiger partial charge in [-0.1, -0.05) is 41.0 Å². The van der Waals surface area contributed by atoms with Gasteiger partial charge in [0.05, 0.1) is 23.9 Å². The van der Waals surface area contributed by atoms with Crippen LogP contribution in [-0.2, 0) is 9.53 Å². The van der Waals surface area contributed by atoms with E-state index in [1.807, 2.05) is 43.3 Å². The molecule has 2 aromatic carbocycles. The molecule has 0 saturated carbocycles. The van der Waals surface area contributed by atoms with Crippen LogP contribution < -0.4 is 5.32 Å². The van der Waals surface area contributed by atoms with Crippen LogP contribution in [0, 0.1) is 6.92 Å². The third-order valence-corrected chi connectivity index (χ3v) is 6.52. The van der Waals surface area contributed by atoms with E-state index < -0.39 is 5.97 Å². The predicted octanol–water partition coefficient (Wildman–Crippen LogP) is 5.38. The molecule has 0 radical (unpaired) electrons. The Hall–Kier alpha value is -3.38. The molecule has 7 heteroatoms. The Morgan fingerprint density at radius 2 is 1.78 bits per heavy atom. The summed E-state index contributed by atoms with van der Waals surface area (Å²) >= 11 is 6.04. The highest BCUT2D eigenvalue weighted by molar-refractivity contribution is 6.30. The van der Waals surface area contributed by atoms with Crippen LogP contribution >= 0.6 is 11.6 Å². The van der Waals surface area contributed by atoms with E-state index in [1.54, 1.807) is 12.1 Å². The van der Waals surface area contributed by atoms with E-state index in [1.165, 1.54) is 7.11 Å². The van der Waals surface area contributed by atoms with Crippen molar-refractivity contribution < 1.29 is 18.8 Å². The van der Waals surface area contributed by atoms with Crippen LogP contribution in [0.2, 0.25) is 5.02 Å². The van der Waals surface area contributed by atoms with Crippen molar-refractivity contribution in [3.05, 3.63) is 92.8 Å². The number of methoxy groups -OCH3 is 1. The minimum Gasteiger partial charge on any atom is -0.465 e. The van der Waals surface area contributed by atoms with Crippen LogP contribution in [-0.4, -0.2) is 24.0 Å². The molecule has 6 nitrogen and oxygen atoms in total. The highest BCUT2D eigenvalue weighted by atomic mass is 35.5. The van der Waals surface area contributed by atoms with Gasteiger partial charge in [0.15, 0.2) is 5.78 Å². The smallest absolute Gasteiger partial charge is 0.337 e. The molecule has 3 aromatic rings. The second-order valence-electron chi connectivity index (χ2n) is 8.15. The van der Waals surface area contributed by atoms with Crippen LogP contribution in [0.1, 0.15) is 57.4 Å². The molecule has 1 aromatic heterocycles. The zero-order chi connectivity index (χ0) is 22.4. The molecule has 1 N–H and O–H groups in total. The average Bonchev–Trinajstić information content (AvgIpc) is 3.18. The normalized spacial score (nSPS) is 19.8. The SMILES string of the molecule is COC(=O)c1ccc([C@@H]2C3=C(C[C@@H](c4ccc(Cl)cc4)CC3=O)Nc3onc(C)c32)cc1. The third-order valence-electron chi connectivity index (χ3n) is 6.26. The number of aromatic nitrogens is 1. The maximum absolute atomic E-state index is 13.5. The molecule has 2 atom stereocenters. The molecule has 1 aliphatic heterocycles. The number of carbonyl (C=O) groups is 2. The van der Waals surface area contributed by atoms with Crippen LogP contribution in [0.15, 0.2) is 64.3 Å². The van der Waals surface area contributed by atoms with E-state index in [0.717, 1.165) is 33.7 Å². The van der Waals surface area contributed by atoms with E-state index >= 15 is 0 Å². The van der Waals surface area contributed by atoms with E-state index in [2.05, 4.69) is 10.5 Å². The molecule has 1 aliphatic carbocycles. The van der Waals surface area contributed by atoms with Gasteiger partial charge in [-0.25, -0.2) is 4.79 Å². The number of hydrogen-bond donors (Lipinski definition) is 1. The summed E-state index contributed by atoms with van der Waals surface area (Å²) in [6, 6.07) is 14.8. The lowest BCUT2D eigenvalue weighted by Gasteiger charge is -2.34. The van der Waals surface area contributed by atoms with Crippen molar-refractivity contribution in [2.45, 2.75) is 31.6 Å². The van der Waals surface area contributed by atoms with Gasteiger partial charge in [0.1, 0.15) is 0 Å². The summed E-state index contributed by atoms with van der Waals surface area (Å²) in [5.41, 5.74) is 5.61. The van der Waals surface area contributed by atoms with Crippen LogP contribution in [0.25, 0.3) is 0 Å². The predicted molar refractivity (Wildman–Crippen MR) is 120 cm³/mol. The van der Waals surface area contributed by atoms with Gasteiger partial charge in [-0.05, 0) is 54.7 Å². The third kappa shape index (κ3) is 3.41. The Labute approximate surface area is 190 Å². The van der Waals surface area contributed by atoms with Crippen molar-refractivity contribution >= 4 is 29.2 Å². The van der Waals surface area contributed by atoms with Gasteiger partial charge < -0.3 is 14.6 Å². The van der Waals surface area contributed by atoms with Crippen molar-refractivity contribution in [1.82, 2.24) is 5.16 Å². The van der Waals surface area contributed by atoms with Gasteiger partial charge in [-0.2, -0.15) is 0 Å². The van der Waals surface area contributed by atoms with Crippen molar-refractivity contribution in [2.75, 3.05) is 12.4 Å². The van der Waals surface area contributed by atoms with Gasteiger partial charge in [-0.15, -0.1) is 0 Å². The first kappa shape index (κ1) is 20.5. The summed E-state index contributed by atoms with van der Waals surface area (Å²) in [6.45, 7) is 1.87. The average molecular weight is 449 g/mol. The fourth-order valence-corrected chi connectivity index (χ4v) is 4.83. The second-order valence-corrected chi connectivity index (χ2v) is 8.59. The van der Waals surface area contributed by atoms with Crippen LogP contribution in [0.3, 0.4) is 0 Å². The molecule has 0 fully saturated rings. The quantitative estimate of drug-likeness (QED) is 0.541. The maximum atomic E-state index is 13.5.